The number of rotatable bonds is 8. The van der Waals surface area contributed by atoms with Gasteiger partial charge in [-0.1, -0.05) is 63.7 Å². The second-order valence-electron chi connectivity index (χ2n) is 12.1. The van der Waals surface area contributed by atoms with E-state index in [1.807, 2.05) is 6.08 Å². The van der Waals surface area contributed by atoms with Crippen molar-refractivity contribution >= 4 is 22.8 Å². The van der Waals surface area contributed by atoms with Crippen LogP contribution in [0.15, 0.2) is 29.3 Å². The lowest BCUT2D eigenvalue weighted by Crippen LogP contribution is -2.50. The monoisotopic (exact) mass is 468 g/mol. The van der Waals surface area contributed by atoms with E-state index in [-0.39, 0.29) is 0 Å². The molecular weight excluding hydrogens is 420 g/mol. The summed E-state index contributed by atoms with van der Waals surface area (Å²) in [5.74, 6) is 3.33. The van der Waals surface area contributed by atoms with E-state index in [4.69, 9.17) is 17.2 Å². The third-order valence-corrected chi connectivity index (χ3v) is 11.0. The standard InChI is InChI=1S/C30H48N2S/c1-6-9-22-11-12-23-25-14-13-24(21(3)31-19-8-10-27-28(33)16-20-32-27)30(25,5)18-15-26(23)29(22,4)17-7-2/h6,9,23-27,32H,1,7-8,10-20H2,2-5H3/b22-9-,31-21?. The fraction of sp³-hybridized carbons (Fsp3) is 0.800. The molecule has 4 rings (SSSR count). The van der Waals surface area contributed by atoms with Gasteiger partial charge in [0.05, 0.1) is 0 Å². The Morgan fingerprint density at radius 3 is 2.70 bits per heavy atom. The van der Waals surface area contributed by atoms with Crippen LogP contribution in [0.3, 0.4) is 0 Å². The predicted octanol–water partition coefficient (Wildman–Crippen LogP) is 7.73. The van der Waals surface area contributed by atoms with Gasteiger partial charge in [0, 0.05) is 35.6 Å². The SMILES string of the molecule is C=C/C=C1/CCC2C(CCC3(C)C(C(C)=NCCCC4NCCC4=S)CCC23)C1(C)CCC. The molecule has 3 aliphatic carbocycles. The fourth-order valence-corrected chi connectivity index (χ4v) is 9.18. The van der Waals surface area contributed by atoms with Crippen molar-refractivity contribution < 1.29 is 0 Å². The molecule has 0 amide bonds. The van der Waals surface area contributed by atoms with Gasteiger partial charge in [0.2, 0.25) is 0 Å². The van der Waals surface area contributed by atoms with Crippen LogP contribution in [0.25, 0.3) is 0 Å². The third kappa shape index (κ3) is 4.70. The molecule has 3 heteroatoms. The van der Waals surface area contributed by atoms with Crippen molar-refractivity contribution in [1.82, 2.24) is 5.32 Å². The van der Waals surface area contributed by atoms with Crippen LogP contribution in [-0.4, -0.2) is 29.7 Å². The van der Waals surface area contributed by atoms with Crippen LogP contribution in [-0.2, 0) is 0 Å². The highest BCUT2D eigenvalue weighted by atomic mass is 32.1. The molecule has 1 saturated heterocycles. The van der Waals surface area contributed by atoms with E-state index in [2.05, 4.69) is 45.7 Å². The Morgan fingerprint density at radius 1 is 1.18 bits per heavy atom. The molecule has 0 aromatic heterocycles. The number of thiocarbonyl (C=S) groups is 1. The first kappa shape index (κ1) is 25.3. The van der Waals surface area contributed by atoms with Crippen LogP contribution in [0.1, 0.15) is 98.3 Å². The molecule has 4 fully saturated rings. The van der Waals surface area contributed by atoms with Crippen molar-refractivity contribution in [2.24, 2.45) is 39.5 Å². The number of aliphatic imine (C=N–C) groups is 1. The molecular formula is C30H48N2S. The molecule has 1 heterocycles. The van der Waals surface area contributed by atoms with Crippen molar-refractivity contribution in [3.05, 3.63) is 24.3 Å². The van der Waals surface area contributed by atoms with Crippen LogP contribution in [0.5, 0.6) is 0 Å². The Kier molecular flexibility index (Phi) is 8.01. The smallest absolute Gasteiger partial charge is 0.0389 e. The lowest BCUT2D eigenvalue weighted by molar-refractivity contribution is -0.0408. The van der Waals surface area contributed by atoms with Gasteiger partial charge < -0.3 is 5.32 Å². The van der Waals surface area contributed by atoms with E-state index < -0.39 is 0 Å². The zero-order valence-corrected chi connectivity index (χ0v) is 22.6. The van der Waals surface area contributed by atoms with E-state index in [1.165, 1.54) is 61.9 Å². The molecule has 0 bridgehead atoms. The number of fused-ring (bicyclic) bond motifs is 3. The summed E-state index contributed by atoms with van der Waals surface area (Å²) in [6.45, 7) is 16.0. The predicted molar refractivity (Wildman–Crippen MR) is 147 cm³/mol. The summed E-state index contributed by atoms with van der Waals surface area (Å²) in [4.78, 5) is 6.38. The van der Waals surface area contributed by atoms with Crippen LogP contribution < -0.4 is 5.32 Å². The zero-order valence-electron chi connectivity index (χ0n) is 21.8. The van der Waals surface area contributed by atoms with Gasteiger partial charge in [-0.3, -0.25) is 4.99 Å². The van der Waals surface area contributed by atoms with Gasteiger partial charge in [-0.2, -0.15) is 0 Å². The minimum Gasteiger partial charge on any atom is -0.309 e. The first-order valence-corrected chi connectivity index (χ1v) is 14.3. The minimum atomic E-state index is 0.378. The summed E-state index contributed by atoms with van der Waals surface area (Å²) in [6.07, 6.45) is 18.6. The number of hydrogen-bond donors (Lipinski definition) is 1. The summed E-state index contributed by atoms with van der Waals surface area (Å²) in [7, 11) is 0. The summed E-state index contributed by atoms with van der Waals surface area (Å²) < 4.78 is 0. The normalized spacial score (nSPS) is 42.4. The van der Waals surface area contributed by atoms with E-state index in [9.17, 15) is 0 Å². The Hall–Kier alpha value is -0.800. The maximum atomic E-state index is 5.50. The number of hydrogen-bond acceptors (Lipinski definition) is 3. The lowest BCUT2D eigenvalue weighted by atomic mass is 9.47. The van der Waals surface area contributed by atoms with Gasteiger partial charge in [0.1, 0.15) is 0 Å². The van der Waals surface area contributed by atoms with Gasteiger partial charge in [-0.15, -0.1) is 0 Å². The molecule has 4 aliphatic rings. The van der Waals surface area contributed by atoms with Gasteiger partial charge in [-0.05, 0) is 99.7 Å². The largest absolute Gasteiger partial charge is 0.309 e. The van der Waals surface area contributed by atoms with Crippen LogP contribution >= 0.6 is 12.2 Å². The molecule has 0 spiro atoms. The molecule has 7 unspecified atom stereocenters. The molecule has 1 aliphatic heterocycles. The second kappa shape index (κ2) is 10.4. The molecule has 33 heavy (non-hydrogen) atoms. The summed E-state index contributed by atoms with van der Waals surface area (Å²) in [6, 6.07) is 0.461. The van der Waals surface area contributed by atoms with Gasteiger partial charge in [0.25, 0.3) is 0 Å². The molecule has 184 valence electrons. The number of nitrogens with one attached hydrogen (secondary N) is 1. The van der Waals surface area contributed by atoms with Gasteiger partial charge >= 0.3 is 0 Å². The Bertz CT molecular complexity index is 797. The van der Waals surface area contributed by atoms with Crippen LogP contribution in [0, 0.1) is 34.5 Å². The Balaban J connectivity index is 1.43. The van der Waals surface area contributed by atoms with Crippen LogP contribution in [0.2, 0.25) is 0 Å². The van der Waals surface area contributed by atoms with Gasteiger partial charge in [0.15, 0.2) is 0 Å². The topological polar surface area (TPSA) is 24.4 Å². The average molecular weight is 469 g/mol. The first-order chi connectivity index (χ1) is 15.8. The highest BCUT2D eigenvalue weighted by Gasteiger charge is 2.58. The fourth-order valence-electron chi connectivity index (χ4n) is 8.88. The molecule has 2 nitrogen and oxygen atoms in total. The lowest BCUT2D eigenvalue weighted by Gasteiger charge is -2.57. The summed E-state index contributed by atoms with van der Waals surface area (Å²) in [5, 5.41) is 3.55. The van der Waals surface area contributed by atoms with E-state index in [0.29, 0.717) is 22.8 Å². The average Bonchev–Trinajstić information content (AvgIpc) is 3.36. The second-order valence-corrected chi connectivity index (χ2v) is 12.6. The third-order valence-electron chi connectivity index (χ3n) is 10.5. The maximum absolute atomic E-state index is 5.50. The molecule has 0 aromatic rings. The van der Waals surface area contributed by atoms with E-state index in [0.717, 1.165) is 50.1 Å². The van der Waals surface area contributed by atoms with Crippen molar-refractivity contribution in [3.63, 3.8) is 0 Å². The summed E-state index contributed by atoms with van der Waals surface area (Å²) in [5.41, 5.74) is 3.96. The minimum absolute atomic E-state index is 0.378. The van der Waals surface area contributed by atoms with E-state index >= 15 is 0 Å². The summed E-state index contributed by atoms with van der Waals surface area (Å²) >= 11 is 5.50. The van der Waals surface area contributed by atoms with Crippen molar-refractivity contribution in [2.45, 2.75) is 104 Å². The molecule has 0 aromatic carbocycles. The molecule has 0 radical (unpaired) electrons. The first-order valence-electron chi connectivity index (χ1n) is 13.9. The molecule has 1 N–H and O–H groups in total. The van der Waals surface area contributed by atoms with Crippen molar-refractivity contribution in [2.75, 3.05) is 13.1 Å². The zero-order chi connectivity index (χ0) is 23.6. The quantitative estimate of drug-likeness (QED) is 0.224. The van der Waals surface area contributed by atoms with Crippen molar-refractivity contribution in [3.8, 4) is 0 Å². The van der Waals surface area contributed by atoms with Gasteiger partial charge in [-0.25, -0.2) is 0 Å². The number of allylic oxidation sites excluding steroid dienone is 3. The van der Waals surface area contributed by atoms with Crippen molar-refractivity contribution in [1.29, 1.82) is 0 Å². The van der Waals surface area contributed by atoms with Crippen LogP contribution in [0.4, 0.5) is 0 Å². The maximum Gasteiger partial charge on any atom is 0.0389 e. The molecule has 3 saturated carbocycles. The Labute approximate surface area is 209 Å². The number of nitrogens with zero attached hydrogens (tertiary/aromatic N) is 1. The van der Waals surface area contributed by atoms with E-state index in [1.54, 1.807) is 5.57 Å². The highest BCUT2D eigenvalue weighted by Crippen LogP contribution is 2.66. The molecule has 7 atom stereocenters. The highest BCUT2D eigenvalue weighted by molar-refractivity contribution is 7.80. The Morgan fingerprint density at radius 2 is 2.00 bits per heavy atom.